The molecule has 0 aliphatic heterocycles. The maximum atomic E-state index is 9.45. The van der Waals surface area contributed by atoms with Crippen LogP contribution in [0.2, 0.25) is 0 Å². The van der Waals surface area contributed by atoms with Crippen LogP contribution in [0.1, 0.15) is 16.7 Å². The summed E-state index contributed by atoms with van der Waals surface area (Å²) < 4.78 is 0. The topological polar surface area (TPSA) is 62.5 Å². The number of aryl methyl sites for hydroxylation is 2. The first-order valence-corrected chi connectivity index (χ1v) is 11.2. The quantitative estimate of drug-likeness (QED) is 0.270. The minimum Gasteiger partial charge on any atom is -0.256 e. The number of hydrogen-bond donors (Lipinski definition) is 0. The summed E-state index contributed by atoms with van der Waals surface area (Å²) >= 11 is 0. The fourth-order valence-electron chi connectivity index (χ4n) is 4.88. The van der Waals surface area contributed by atoms with E-state index in [9.17, 15) is 5.26 Å². The second-order valence-electron chi connectivity index (χ2n) is 8.66. The fourth-order valence-corrected chi connectivity index (χ4v) is 4.88. The third kappa shape index (κ3) is 3.18. The van der Waals surface area contributed by atoms with Crippen molar-refractivity contribution in [3.63, 3.8) is 0 Å². The second-order valence-corrected chi connectivity index (χ2v) is 8.66. The lowest BCUT2D eigenvalue weighted by atomic mass is 9.94. The number of fused-ring (bicyclic) bond motifs is 4. The molecule has 34 heavy (non-hydrogen) atoms. The standard InChI is InChI=1S/C30H20N4/c1-18-13-19(2)15-23(14-18)28-27-8-4-20-16-21(3-6-24(20)26(27)9-10-32-28)25-7-5-22(17-31)29-30(25)34-12-11-33-29/h3-16H,1-2H3. The molecule has 4 aromatic carbocycles. The summed E-state index contributed by atoms with van der Waals surface area (Å²) in [5, 5.41) is 14.1. The largest absolute Gasteiger partial charge is 0.256 e. The monoisotopic (exact) mass is 436 g/mol. The molecule has 0 fully saturated rings. The molecular weight excluding hydrogens is 416 g/mol. The van der Waals surface area contributed by atoms with Crippen LogP contribution < -0.4 is 0 Å². The van der Waals surface area contributed by atoms with Crippen LogP contribution in [0, 0.1) is 25.2 Å². The molecule has 0 spiro atoms. The predicted molar refractivity (Wildman–Crippen MR) is 137 cm³/mol. The number of nitriles is 1. The Bertz CT molecular complexity index is 1770. The summed E-state index contributed by atoms with van der Waals surface area (Å²) in [6.07, 6.45) is 5.19. The maximum absolute atomic E-state index is 9.45. The summed E-state index contributed by atoms with van der Waals surface area (Å²) in [6.45, 7) is 4.24. The van der Waals surface area contributed by atoms with Gasteiger partial charge in [0.15, 0.2) is 0 Å². The molecule has 0 saturated heterocycles. The number of hydrogen-bond acceptors (Lipinski definition) is 4. The van der Waals surface area contributed by atoms with Crippen molar-refractivity contribution in [2.24, 2.45) is 0 Å². The molecule has 0 aliphatic carbocycles. The highest BCUT2D eigenvalue weighted by Gasteiger charge is 2.13. The number of pyridine rings is 1. The lowest BCUT2D eigenvalue weighted by molar-refractivity contribution is 1.29. The second kappa shape index (κ2) is 7.75. The number of nitrogens with zero attached hydrogens (tertiary/aromatic N) is 4. The first-order chi connectivity index (χ1) is 16.6. The van der Waals surface area contributed by atoms with Gasteiger partial charge in [-0.15, -0.1) is 0 Å². The van der Waals surface area contributed by atoms with Crippen molar-refractivity contribution in [1.29, 1.82) is 5.26 Å². The Kier molecular flexibility index (Phi) is 4.57. The van der Waals surface area contributed by atoms with Gasteiger partial charge in [-0.3, -0.25) is 15.0 Å². The fraction of sp³-hybridized carbons (Fsp3) is 0.0667. The molecule has 0 unspecified atom stereocenters. The Labute approximate surface area is 197 Å². The SMILES string of the molecule is Cc1cc(C)cc(-c2nccc3c2ccc2cc(-c4ccc(C#N)c5nccnc45)ccc23)c1. The Morgan fingerprint density at radius 1 is 0.618 bits per heavy atom. The molecule has 6 aromatic rings. The van der Waals surface area contributed by atoms with Gasteiger partial charge in [-0.05, 0) is 65.9 Å². The van der Waals surface area contributed by atoms with E-state index in [0.29, 0.717) is 11.1 Å². The Hall–Kier alpha value is -4.62. The first-order valence-electron chi connectivity index (χ1n) is 11.2. The molecule has 6 rings (SSSR count). The van der Waals surface area contributed by atoms with Gasteiger partial charge in [0.05, 0.1) is 16.8 Å². The predicted octanol–water partition coefficient (Wildman–Crippen LogP) is 7.15. The first kappa shape index (κ1) is 20.0. The highest BCUT2D eigenvalue weighted by molar-refractivity contribution is 6.12. The molecule has 0 atom stereocenters. The van der Waals surface area contributed by atoms with Crippen LogP contribution in [0.5, 0.6) is 0 Å². The Morgan fingerprint density at radius 2 is 1.38 bits per heavy atom. The molecule has 2 heterocycles. The molecule has 0 aliphatic rings. The van der Waals surface area contributed by atoms with E-state index in [1.807, 2.05) is 18.3 Å². The van der Waals surface area contributed by atoms with Crippen molar-refractivity contribution in [2.45, 2.75) is 13.8 Å². The van der Waals surface area contributed by atoms with Gasteiger partial charge in [0.1, 0.15) is 11.6 Å². The molecule has 0 saturated carbocycles. The summed E-state index contributed by atoms with van der Waals surface area (Å²) in [7, 11) is 0. The number of rotatable bonds is 2. The third-order valence-electron chi connectivity index (χ3n) is 6.31. The highest BCUT2D eigenvalue weighted by Crippen LogP contribution is 2.35. The van der Waals surface area contributed by atoms with Gasteiger partial charge in [-0.2, -0.15) is 5.26 Å². The zero-order chi connectivity index (χ0) is 23.2. The van der Waals surface area contributed by atoms with Crippen molar-refractivity contribution in [1.82, 2.24) is 15.0 Å². The van der Waals surface area contributed by atoms with Gasteiger partial charge in [0.25, 0.3) is 0 Å². The molecule has 4 heteroatoms. The van der Waals surface area contributed by atoms with Crippen LogP contribution >= 0.6 is 0 Å². The highest BCUT2D eigenvalue weighted by atomic mass is 14.8. The number of aromatic nitrogens is 3. The zero-order valence-corrected chi connectivity index (χ0v) is 18.9. The minimum atomic E-state index is 0.532. The van der Waals surface area contributed by atoms with Crippen molar-refractivity contribution in [3.05, 3.63) is 102 Å². The van der Waals surface area contributed by atoms with E-state index in [1.54, 1.807) is 12.4 Å². The van der Waals surface area contributed by atoms with E-state index < -0.39 is 0 Å². The molecular formula is C30H20N4. The molecule has 0 N–H and O–H groups in total. The summed E-state index contributed by atoms with van der Waals surface area (Å²) in [5.74, 6) is 0. The molecule has 0 amide bonds. The normalized spacial score (nSPS) is 11.2. The summed E-state index contributed by atoms with van der Waals surface area (Å²) in [4.78, 5) is 13.7. The van der Waals surface area contributed by atoms with Gasteiger partial charge in [0.2, 0.25) is 0 Å². The van der Waals surface area contributed by atoms with Crippen LogP contribution in [0.25, 0.3) is 55.0 Å². The maximum Gasteiger partial charge on any atom is 0.107 e. The van der Waals surface area contributed by atoms with E-state index in [4.69, 9.17) is 4.98 Å². The van der Waals surface area contributed by atoms with Crippen LogP contribution in [0.15, 0.2) is 85.3 Å². The van der Waals surface area contributed by atoms with Gasteiger partial charge in [0, 0.05) is 35.1 Å². The molecule has 2 aromatic heterocycles. The van der Waals surface area contributed by atoms with Crippen LogP contribution in [-0.4, -0.2) is 15.0 Å². The van der Waals surface area contributed by atoms with Crippen molar-refractivity contribution < 1.29 is 0 Å². The van der Waals surface area contributed by atoms with Crippen LogP contribution in [0.3, 0.4) is 0 Å². The minimum absolute atomic E-state index is 0.532. The van der Waals surface area contributed by atoms with Crippen LogP contribution in [-0.2, 0) is 0 Å². The molecule has 0 bridgehead atoms. The van der Waals surface area contributed by atoms with Gasteiger partial charge in [-0.1, -0.05) is 47.5 Å². The van der Waals surface area contributed by atoms with Crippen molar-refractivity contribution in [2.75, 3.05) is 0 Å². The van der Waals surface area contributed by atoms with Gasteiger partial charge < -0.3 is 0 Å². The van der Waals surface area contributed by atoms with Crippen molar-refractivity contribution >= 4 is 32.6 Å². The number of benzene rings is 4. The van der Waals surface area contributed by atoms with E-state index >= 15 is 0 Å². The van der Waals surface area contributed by atoms with Crippen LogP contribution in [0.4, 0.5) is 0 Å². The summed E-state index contributed by atoms with van der Waals surface area (Å²) in [5.41, 5.74) is 8.53. The third-order valence-corrected chi connectivity index (χ3v) is 6.31. The Balaban J connectivity index is 1.55. The zero-order valence-electron chi connectivity index (χ0n) is 18.9. The molecule has 160 valence electrons. The lowest BCUT2D eigenvalue weighted by Gasteiger charge is -2.12. The average Bonchev–Trinajstić information content (AvgIpc) is 2.86. The molecule has 4 nitrogen and oxygen atoms in total. The van der Waals surface area contributed by atoms with E-state index in [-0.39, 0.29) is 0 Å². The molecule has 0 radical (unpaired) electrons. The lowest BCUT2D eigenvalue weighted by Crippen LogP contribution is -1.91. The van der Waals surface area contributed by atoms with E-state index in [1.165, 1.54) is 21.9 Å². The Morgan fingerprint density at radius 3 is 2.18 bits per heavy atom. The van der Waals surface area contributed by atoms with Gasteiger partial charge >= 0.3 is 0 Å². The van der Waals surface area contributed by atoms with Crippen molar-refractivity contribution in [3.8, 4) is 28.5 Å². The van der Waals surface area contributed by atoms with Gasteiger partial charge in [-0.25, -0.2) is 0 Å². The average molecular weight is 437 g/mol. The summed E-state index contributed by atoms with van der Waals surface area (Å²) in [6, 6.07) is 25.4. The van der Waals surface area contributed by atoms with E-state index in [2.05, 4.69) is 84.5 Å². The van der Waals surface area contributed by atoms with E-state index in [0.717, 1.165) is 38.7 Å². The smallest absolute Gasteiger partial charge is 0.107 e.